The van der Waals surface area contributed by atoms with Crippen LogP contribution in [0.2, 0.25) is 0 Å². The third-order valence-electron chi connectivity index (χ3n) is 11.7. The van der Waals surface area contributed by atoms with Gasteiger partial charge in [-0.25, -0.2) is 15.0 Å². The van der Waals surface area contributed by atoms with E-state index in [9.17, 15) is 0 Å². The molecule has 0 atom stereocenters. The minimum atomic E-state index is 0.499. The van der Waals surface area contributed by atoms with E-state index in [1.165, 1.54) is 127 Å². The average molecular weight is 824 g/mol. The number of aromatic nitrogens is 3. The van der Waals surface area contributed by atoms with Crippen molar-refractivity contribution in [2.75, 3.05) is 48.3 Å². The highest BCUT2D eigenvalue weighted by Crippen LogP contribution is 2.44. The van der Waals surface area contributed by atoms with E-state index in [4.69, 9.17) is 20.5 Å². The summed E-state index contributed by atoms with van der Waals surface area (Å²) in [5.41, 5.74) is 10.9. The molecule has 4 aliphatic rings. The first-order chi connectivity index (χ1) is 29.1. The lowest BCUT2D eigenvalue weighted by Crippen LogP contribution is -2.34. The van der Waals surface area contributed by atoms with E-state index in [-0.39, 0.29) is 0 Å². The van der Waals surface area contributed by atoms with E-state index in [0.29, 0.717) is 21.6 Å². The fourth-order valence-electron chi connectivity index (χ4n) is 9.21. The van der Waals surface area contributed by atoms with Crippen LogP contribution in [-0.4, -0.2) is 47.7 Å². The molecule has 0 amide bonds. The summed E-state index contributed by atoms with van der Waals surface area (Å²) in [7, 11) is 0. The van der Waals surface area contributed by atoms with Gasteiger partial charge in [-0.05, 0) is 102 Å². The normalized spacial score (nSPS) is 14.8. The Kier molecular flexibility index (Phi) is 8.67. The zero-order valence-electron chi connectivity index (χ0n) is 31.7. The molecule has 7 heterocycles. The molecule has 6 aromatic carbocycles. The Morgan fingerprint density at radius 2 is 1.10 bits per heavy atom. The van der Waals surface area contributed by atoms with Crippen molar-refractivity contribution in [1.82, 2.24) is 15.0 Å². The number of fused-ring (bicyclic) bond motifs is 14. The molecule has 0 saturated heterocycles. The van der Waals surface area contributed by atoms with Crippen LogP contribution in [0.1, 0.15) is 44.6 Å². The minimum Gasteiger partial charge on any atom is -0.489 e. The summed E-state index contributed by atoms with van der Waals surface area (Å²) >= 11 is 4.44. The van der Waals surface area contributed by atoms with Crippen LogP contribution in [0.25, 0.3) is 63.0 Å². The van der Waals surface area contributed by atoms with Crippen LogP contribution < -0.4 is 20.3 Å². The molecule has 4 aliphatic heterocycles. The molecule has 0 radical (unpaired) electrons. The van der Waals surface area contributed by atoms with E-state index in [1.807, 2.05) is 24.3 Å². The molecule has 0 fully saturated rings. The van der Waals surface area contributed by atoms with Crippen LogP contribution in [0, 0.1) is 34.0 Å². The summed E-state index contributed by atoms with van der Waals surface area (Å²) in [6.07, 6.45) is 5.92. The summed E-state index contributed by atoms with van der Waals surface area (Å²) < 4.78 is 9.12. The molecule has 0 aliphatic carbocycles. The molecule has 3 aromatic heterocycles. The van der Waals surface area contributed by atoms with Gasteiger partial charge < -0.3 is 20.3 Å². The number of hydrogen-bond acceptors (Lipinski definition) is 13. The standard InChI is InChI=1S/C18H15N3S.C14H9N3OS.C14H9N3S/c19-10-16-20-15-6-5-12-13-4-2-8-21-7-1-3-11(17(13)21)9-14(12)18(15)22-16;15-7-12-17-11-4-1-8-9(14(11)19-12)2-3-10-13(8)18-6-5-16-10;15-7-13-17-12-4-1-8-9-5-6-16-11(9)3-2-10(8)14(12)18-13/h5-6,9H,1-4,7-8H2;1-4,16H,5-6H2;1-4,16H,5-6H2. The maximum atomic E-state index is 9.14. The molecular formula is C46H33N9OS3. The first kappa shape index (κ1) is 35.6. The summed E-state index contributed by atoms with van der Waals surface area (Å²) in [5.74, 6) is 0.901. The first-order valence-electron chi connectivity index (χ1n) is 19.7. The number of aryl methyl sites for hydroxylation is 2. The van der Waals surface area contributed by atoms with Crippen molar-refractivity contribution >= 4 is 114 Å². The molecule has 0 unspecified atom stereocenters. The van der Waals surface area contributed by atoms with E-state index < -0.39 is 0 Å². The Bertz CT molecular complexity index is 3340. The number of benzene rings is 6. The number of nitrogens with zero attached hydrogens (tertiary/aromatic N) is 7. The Hall–Kier alpha value is -6.56. The van der Waals surface area contributed by atoms with Crippen molar-refractivity contribution in [3.63, 3.8) is 0 Å². The zero-order chi connectivity index (χ0) is 39.6. The maximum Gasteiger partial charge on any atom is 0.195 e. The lowest BCUT2D eigenvalue weighted by Gasteiger charge is -2.37. The van der Waals surface area contributed by atoms with Crippen LogP contribution in [0.5, 0.6) is 5.75 Å². The Morgan fingerprint density at radius 3 is 1.76 bits per heavy atom. The van der Waals surface area contributed by atoms with Gasteiger partial charge >= 0.3 is 0 Å². The lowest BCUT2D eigenvalue weighted by molar-refractivity contribution is 0.327. The van der Waals surface area contributed by atoms with E-state index in [1.54, 1.807) is 0 Å². The van der Waals surface area contributed by atoms with Gasteiger partial charge in [0.25, 0.3) is 0 Å². The average Bonchev–Trinajstić information content (AvgIpc) is 4.12. The second-order valence-corrected chi connectivity index (χ2v) is 18.0. The summed E-state index contributed by atoms with van der Waals surface area (Å²) in [4.78, 5) is 15.6. The molecule has 13 heteroatoms. The Labute approximate surface area is 350 Å². The molecule has 10 nitrogen and oxygen atoms in total. The van der Waals surface area contributed by atoms with Crippen molar-refractivity contribution in [3.8, 4) is 24.0 Å². The predicted octanol–water partition coefficient (Wildman–Crippen LogP) is 10.4. The summed E-state index contributed by atoms with van der Waals surface area (Å²) in [5, 5.41) is 42.7. The van der Waals surface area contributed by atoms with E-state index in [0.717, 1.165) is 67.7 Å². The molecule has 13 rings (SSSR count). The highest BCUT2D eigenvalue weighted by atomic mass is 32.1. The van der Waals surface area contributed by atoms with Crippen molar-refractivity contribution in [2.45, 2.75) is 32.1 Å². The second-order valence-electron chi connectivity index (χ2n) is 15.0. The fourth-order valence-corrected chi connectivity index (χ4v) is 11.9. The molecular weight excluding hydrogens is 791 g/mol. The topological polar surface area (TPSA) is 147 Å². The van der Waals surface area contributed by atoms with Gasteiger partial charge in [0.1, 0.15) is 30.6 Å². The van der Waals surface area contributed by atoms with Crippen LogP contribution in [-0.2, 0) is 19.3 Å². The molecule has 0 bridgehead atoms. The minimum absolute atomic E-state index is 0.499. The van der Waals surface area contributed by atoms with Gasteiger partial charge in [0.2, 0.25) is 0 Å². The third-order valence-corrected chi connectivity index (χ3v) is 14.7. The first-order valence-corrected chi connectivity index (χ1v) is 22.2. The fraction of sp³-hybridized carbons (Fsp3) is 0.217. The van der Waals surface area contributed by atoms with Crippen molar-refractivity contribution in [3.05, 3.63) is 98.4 Å². The quantitative estimate of drug-likeness (QED) is 0.151. The van der Waals surface area contributed by atoms with Crippen LogP contribution >= 0.6 is 34.0 Å². The number of thiazole rings is 3. The zero-order valence-corrected chi connectivity index (χ0v) is 34.1. The highest BCUT2D eigenvalue weighted by molar-refractivity contribution is 7.20. The summed E-state index contributed by atoms with van der Waals surface area (Å²) in [6.45, 7) is 4.93. The maximum absolute atomic E-state index is 9.14. The van der Waals surface area contributed by atoms with Crippen LogP contribution in [0.15, 0.2) is 66.7 Å². The number of hydrogen-bond donors (Lipinski definition) is 2. The van der Waals surface area contributed by atoms with Gasteiger partial charge in [-0.3, -0.25) is 0 Å². The molecule has 9 aromatic rings. The van der Waals surface area contributed by atoms with Gasteiger partial charge in [0.05, 0.1) is 36.3 Å². The van der Waals surface area contributed by atoms with Crippen LogP contribution in [0.4, 0.5) is 17.1 Å². The monoisotopic (exact) mass is 823 g/mol. The Balaban J connectivity index is 0.000000101. The predicted molar refractivity (Wildman–Crippen MR) is 241 cm³/mol. The van der Waals surface area contributed by atoms with Crippen molar-refractivity contribution in [2.24, 2.45) is 0 Å². The lowest BCUT2D eigenvalue weighted by atomic mass is 9.88. The smallest absolute Gasteiger partial charge is 0.195 e. The SMILES string of the molecule is N#Cc1nc2ccc3c4c(ccc3c2s1)NCC4.N#Cc1nc2ccc3c4c(ccc3c2s1)NCCO4.N#Cc1nc2ccc3c4c5c(cc3c2s1)CCCN5CCC4. The number of nitrogens with one attached hydrogen (secondary N) is 2. The molecule has 2 N–H and O–H groups in total. The molecule has 0 saturated carbocycles. The van der Waals surface area contributed by atoms with Gasteiger partial charge in [0, 0.05) is 59.1 Å². The van der Waals surface area contributed by atoms with E-state index >= 15 is 0 Å². The molecule has 286 valence electrons. The molecule has 59 heavy (non-hydrogen) atoms. The second kappa shape index (κ2) is 14.4. The molecule has 0 spiro atoms. The van der Waals surface area contributed by atoms with Crippen molar-refractivity contribution < 1.29 is 4.74 Å². The summed E-state index contributed by atoms with van der Waals surface area (Å²) in [6, 6.07) is 29.6. The van der Waals surface area contributed by atoms with Gasteiger partial charge in [-0.1, -0.05) is 24.3 Å². The third kappa shape index (κ3) is 5.94. The highest BCUT2D eigenvalue weighted by Gasteiger charge is 2.26. The number of nitriles is 3. The van der Waals surface area contributed by atoms with Crippen LogP contribution in [0.3, 0.4) is 0 Å². The number of ether oxygens (including phenoxy) is 1. The van der Waals surface area contributed by atoms with Crippen molar-refractivity contribution in [1.29, 1.82) is 15.8 Å². The van der Waals surface area contributed by atoms with E-state index in [2.05, 4.69) is 91.2 Å². The van der Waals surface area contributed by atoms with Gasteiger partial charge in [0.15, 0.2) is 15.0 Å². The van der Waals surface area contributed by atoms with Gasteiger partial charge in [-0.2, -0.15) is 15.8 Å². The number of anilines is 3. The Morgan fingerprint density at radius 1 is 0.559 bits per heavy atom. The van der Waals surface area contributed by atoms with Gasteiger partial charge in [-0.15, -0.1) is 34.0 Å². The largest absolute Gasteiger partial charge is 0.489 e. The number of rotatable bonds is 0.